The SMILES string of the molecule is CN(CC(=O)OCc1ccccc1)S(=O)(=O)C1C[N@]1C. The number of ether oxygens (including phenoxy) is 1. The van der Waals surface area contributed by atoms with Crippen molar-refractivity contribution in [1.82, 2.24) is 9.21 Å². The second-order valence-corrected chi connectivity index (χ2v) is 7.04. The van der Waals surface area contributed by atoms with Crippen molar-refractivity contribution >= 4 is 16.0 Å². The zero-order valence-corrected chi connectivity index (χ0v) is 12.3. The molecule has 110 valence electrons. The van der Waals surface area contributed by atoms with Crippen LogP contribution in [-0.2, 0) is 26.2 Å². The molecule has 1 fully saturated rings. The molecule has 6 nitrogen and oxygen atoms in total. The van der Waals surface area contributed by atoms with Crippen LogP contribution in [0.5, 0.6) is 0 Å². The molecule has 0 aromatic heterocycles. The van der Waals surface area contributed by atoms with Crippen LogP contribution in [0.3, 0.4) is 0 Å². The van der Waals surface area contributed by atoms with Crippen molar-refractivity contribution in [3.63, 3.8) is 0 Å². The summed E-state index contributed by atoms with van der Waals surface area (Å²) in [6, 6.07) is 9.25. The summed E-state index contributed by atoms with van der Waals surface area (Å²) < 4.78 is 30.1. The van der Waals surface area contributed by atoms with Crippen LogP contribution < -0.4 is 0 Å². The minimum absolute atomic E-state index is 0.150. The number of carbonyl (C=O) groups excluding carboxylic acids is 1. The smallest absolute Gasteiger partial charge is 0.321 e. The van der Waals surface area contributed by atoms with E-state index in [0.29, 0.717) is 6.54 Å². The molecule has 0 N–H and O–H groups in total. The van der Waals surface area contributed by atoms with E-state index in [4.69, 9.17) is 4.74 Å². The molecule has 1 aliphatic rings. The highest BCUT2D eigenvalue weighted by molar-refractivity contribution is 7.90. The van der Waals surface area contributed by atoms with Gasteiger partial charge in [0.25, 0.3) is 0 Å². The molecule has 0 saturated carbocycles. The molecule has 0 radical (unpaired) electrons. The van der Waals surface area contributed by atoms with Crippen molar-refractivity contribution in [1.29, 1.82) is 0 Å². The Labute approximate surface area is 119 Å². The molecule has 2 atom stereocenters. The number of carbonyl (C=O) groups is 1. The average molecular weight is 298 g/mol. The number of benzene rings is 1. The Bertz CT molecular complexity index is 573. The van der Waals surface area contributed by atoms with Crippen molar-refractivity contribution in [3.05, 3.63) is 35.9 Å². The van der Waals surface area contributed by atoms with E-state index >= 15 is 0 Å². The Balaban J connectivity index is 1.82. The lowest BCUT2D eigenvalue weighted by molar-refractivity contribution is -0.144. The van der Waals surface area contributed by atoms with Gasteiger partial charge in [0.15, 0.2) is 0 Å². The molecule has 20 heavy (non-hydrogen) atoms. The molecule has 0 bridgehead atoms. The summed E-state index contributed by atoms with van der Waals surface area (Å²) in [5, 5.41) is -0.505. The number of esters is 1. The highest BCUT2D eigenvalue weighted by Crippen LogP contribution is 2.22. The summed E-state index contributed by atoms with van der Waals surface area (Å²) in [5.74, 6) is -0.553. The molecule has 0 amide bonds. The standard InChI is InChI=1S/C13H18N2O4S/c1-14-8-12(14)20(17,18)15(2)9-13(16)19-10-11-6-4-3-5-7-11/h3-7,12H,8-10H2,1-2H3/t12?,14-/m0/s1. The molecule has 1 aromatic carbocycles. The fourth-order valence-corrected chi connectivity index (χ4v) is 3.36. The van der Waals surface area contributed by atoms with Gasteiger partial charge in [0.05, 0.1) is 0 Å². The third-order valence-corrected chi connectivity index (χ3v) is 5.37. The van der Waals surface area contributed by atoms with E-state index in [1.165, 1.54) is 7.05 Å². The molecule has 7 heteroatoms. The minimum atomic E-state index is -3.43. The predicted molar refractivity (Wildman–Crippen MR) is 74.2 cm³/mol. The Morgan fingerprint density at radius 1 is 1.40 bits per heavy atom. The van der Waals surface area contributed by atoms with E-state index in [0.717, 1.165) is 9.87 Å². The van der Waals surface area contributed by atoms with Crippen LogP contribution in [0, 0.1) is 0 Å². The third-order valence-electron chi connectivity index (χ3n) is 3.17. The molecular formula is C13H18N2O4S. The Morgan fingerprint density at radius 2 is 2.00 bits per heavy atom. The van der Waals surface area contributed by atoms with Crippen molar-refractivity contribution in [3.8, 4) is 0 Å². The van der Waals surface area contributed by atoms with Gasteiger partial charge < -0.3 is 4.74 Å². The Morgan fingerprint density at radius 3 is 2.55 bits per heavy atom. The number of likely N-dealkylation sites (N-methyl/N-ethyl adjacent to an activating group) is 2. The van der Waals surface area contributed by atoms with Gasteiger partial charge in [-0.15, -0.1) is 0 Å². The van der Waals surface area contributed by atoms with Gasteiger partial charge in [-0.1, -0.05) is 30.3 Å². The van der Waals surface area contributed by atoms with Gasteiger partial charge in [0, 0.05) is 13.6 Å². The van der Waals surface area contributed by atoms with E-state index < -0.39 is 21.4 Å². The topological polar surface area (TPSA) is 66.7 Å². The minimum Gasteiger partial charge on any atom is -0.460 e. The summed E-state index contributed by atoms with van der Waals surface area (Å²) in [5.41, 5.74) is 0.869. The summed E-state index contributed by atoms with van der Waals surface area (Å²) >= 11 is 0. The number of nitrogens with zero attached hydrogens (tertiary/aromatic N) is 2. The first-order valence-electron chi connectivity index (χ1n) is 6.26. The van der Waals surface area contributed by atoms with Crippen molar-refractivity contribution in [2.24, 2.45) is 0 Å². The van der Waals surface area contributed by atoms with Crippen LogP contribution in [-0.4, -0.2) is 56.2 Å². The summed E-state index contributed by atoms with van der Waals surface area (Å²) in [6.07, 6.45) is 0. The molecule has 0 aliphatic carbocycles. The number of sulfonamides is 1. The van der Waals surface area contributed by atoms with Crippen LogP contribution >= 0.6 is 0 Å². The van der Waals surface area contributed by atoms with Gasteiger partial charge in [-0.3, -0.25) is 9.69 Å². The second kappa shape index (κ2) is 5.90. The number of rotatable bonds is 6. The highest BCUT2D eigenvalue weighted by atomic mass is 32.2. The lowest BCUT2D eigenvalue weighted by Gasteiger charge is -2.15. The van der Waals surface area contributed by atoms with E-state index in [1.807, 2.05) is 30.3 Å². The van der Waals surface area contributed by atoms with Gasteiger partial charge in [-0.2, -0.15) is 4.31 Å². The third kappa shape index (κ3) is 3.56. The molecule has 1 heterocycles. The van der Waals surface area contributed by atoms with E-state index in [1.54, 1.807) is 11.9 Å². The first-order valence-corrected chi connectivity index (χ1v) is 7.76. The van der Waals surface area contributed by atoms with E-state index in [-0.39, 0.29) is 13.2 Å². The molecule has 1 unspecified atom stereocenters. The fraction of sp³-hybridized carbons (Fsp3) is 0.462. The maximum Gasteiger partial charge on any atom is 0.321 e. The number of hydrogen-bond donors (Lipinski definition) is 0. The Kier molecular flexibility index (Phi) is 4.42. The largest absolute Gasteiger partial charge is 0.460 e. The Hall–Kier alpha value is -1.44. The zero-order valence-electron chi connectivity index (χ0n) is 11.5. The molecular weight excluding hydrogens is 280 g/mol. The van der Waals surface area contributed by atoms with Gasteiger partial charge in [0.2, 0.25) is 10.0 Å². The van der Waals surface area contributed by atoms with Crippen LogP contribution in [0.15, 0.2) is 30.3 Å². The molecule has 1 saturated heterocycles. The maximum atomic E-state index is 12.0. The average Bonchev–Trinajstić information content (AvgIpc) is 3.15. The summed E-state index contributed by atoms with van der Waals surface area (Å²) in [4.78, 5) is 13.4. The van der Waals surface area contributed by atoms with Gasteiger partial charge in [-0.05, 0) is 12.6 Å². The molecule has 1 aliphatic heterocycles. The van der Waals surface area contributed by atoms with Gasteiger partial charge >= 0.3 is 5.97 Å². The van der Waals surface area contributed by atoms with Crippen LogP contribution in [0.4, 0.5) is 0 Å². The van der Waals surface area contributed by atoms with Crippen LogP contribution in [0.2, 0.25) is 0 Å². The predicted octanol–water partition coefficient (Wildman–Crippen LogP) is 0.263. The maximum absolute atomic E-state index is 12.0. The normalized spacial score (nSPS) is 21.8. The molecule has 1 aromatic rings. The zero-order chi connectivity index (χ0) is 14.8. The number of hydrogen-bond acceptors (Lipinski definition) is 5. The lowest BCUT2D eigenvalue weighted by Crippen LogP contribution is -2.36. The van der Waals surface area contributed by atoms with E-state index in [2.05, 4.69) is 0 Å². The molecule has 0 spiro atoms. The lowest BCUT2D eigenvalue weighted by atomic mass is 10.2. The van der Waals surface area contributed by atoms with Crippen LogP contribution in [0.25, 0.3) is 0 Å². The van der Waals surface area contributed by atoms with Crippen molar-refractivity contribution in [2.75, 3.05) is 27.2 Å². The van der Waals surface area contributed by atoms with Crippen molar-refractivity contribution < 1.29 is 17.9 Å². The molecule has 2 rings (SSSR count). The highest BCUT2D eigenvalue weighted by Gasteiger charge is 2.44. The quantitative estimate of drug-likeness (QED) is 0.557. The van der Waals surface area contributed by atoms with Crippen molar-refractivity contribution in [2.45, 2.75) is 12.0 Å². The summed E-state index contributed by atoms with van der Waals surface area (Å²) in [6.45, 7) is 0.391. The first-order chi connectivity index (χ1) is 9.41. The second-order valence-electron chi connectivity index (χ2n) is 4.84. The fourth-order valence-electron chi connectivity index (χ4n) is 1.78. The summed E-state index contributed by atoms with van der Waals surface area (Å²) in [7, 11) is -0.314. The van der Waals surface area contributed by atoms with Crippen LogP contribution in [0.1, 0.15) is 5.56 Å². The van der Waals surface area contributed by atoms with Gasteiger partial charge in [0.1, 0.15) is 18.5 Å². The monoisotopic (exact) mass is 298 g/mol. The first kappa shape index (κ1) is 15.0. The van der Waals surface area contributed by atoms with Gasteiger partial charge in [-0.25, -0.2) is 8.42 Å². The van der Waals surface area contributed by atoms with E-state index in [9.17, 15) is 13.2 Å².